The maximum absolute atomic E-state index is 10.7. The fraction of sp³-hybridized carbons (Fsp3) is 0.867. The van der Waals surface area contributed by atoms with Crippen molar-refractivity contribution in [2.75, 3.05) is 6.61 Å². The molecule has 4 atom stereocenters. The van der Waals surface area contributed by atoms with Gasteiger partial charge in [0.15, 0.2) is 0 Å². The Morgan fingerprint density at radius 3 is 2.71 bits per heavy atom. The van der Waals surface area contributed by atoms with Gasteiger partial charge >= 0.3 is 0 Å². The van der Waals surface area contributed by atoms with Gasteiger partial charge in [-0.2, -0.15) is 0 Å². The van der Waals surface area contributed by atoms with Crippen LogP contribution in [-0.2, 0) is 0 Å². The van der Waals surface area contributed by atoms with Crippen LogP contribution in [0.1, 0.15) is 52.9 Å². The lowest BCUT2D eigenvalue weighted by Crippen LogP contribution is -2.44. The minimum absolute atomic E-state index is 0.0488. The number of allylic oxidation sites excluding steroid dienone is 2. The van der Waals surface area contributed by atoms with Gasteiger partial charge in [0.1, 0.15) is 0 Å². The van der Waals surface area contributed by atoms with E-state index in [1.54, 1.807) is 0 Å². The number of aliphatic hydroxyl groups is 2. The number of fused-ring (bicyclic) bond motifs is 1. The summed E-state index contributed by atoms with van der Waals surface area (Å²) < 4.78 is 0. The Kier molecular flexibility index (Phi) is 3.39. The number of hydrogen-bond donors (Lipinski definition) is 2. The summed E-state index contributed by atoms with van der Waals surface area (Å²) in [4.78, 5) is 0. The molecule has 0 amide bonds. The van der Waals surface area contributed by atoms with Crippen molar-refractivity contribution >= 4 is 0 Å². The Hall–Kier alpha value is -0.340. The Bertz CT molecular complexity index is 319. The third kappa shape index (κ3) is 2.30. The first kappa shape index (κ1) is 13.1. The minimum Gasteiger partial charge on any atom is -0.396 e. The maximum Gasteiger partial charge on any atom is 0.0653 e. The molecule has 0 heterocycles. The lowest BCUT2D eigenvalue weighted by molar-refractivity contribution is -0.0477. The average molecular weight is 238 g/mol. The molecule has 0 aromatic carbocycles. The quantitative estimate of drug-likeness (QED) is 0.690. The molecule has 0 spiro atoms. The van der Waals surface area contributed by atoms with Gasteiger partial charge in [-0.25, -0.2) is 0 Å². The first-order valence-electron chi connectivity index (χ1n) is 6.89. The van der Waals surface area contributed by atoms with Crippen molar-refractivity contribution < 1.29 is 10.2 Å². The molecule has 2 N–H and O–H groups in total. The third-order valence-corrected chi connectivity index (χ3v) is 5.14. The zero-order valence-corrected chi connectivity index (χ0v) is 11.4. The molecule has 2 rings (SSSR count). The van der Waals surface area contributed by atoms with Crippen LogP contribution >= 0.6 is 0 Å². The second-order valence-electron chi connectivity index (χ2n) is 6.71. The van der Waals surface area contributed by atoms with Gasteiger partial charge < -0.3 is 10.2 Å². The summed E-state index contributed by atoms with van der Waals surface area (Å²) in [7, 11) is 0. The molecule has 1 saturated carbocycles. The van der Waals surface area contributed by atoms with E-state index in [1.807, 2.05) is 6.92 Å². The van der Waals surface area contributed by atoms with Gasteiger partial charge in [0.2, 0.25) is 0 Å². The van der Waals surface area contributed by atoms with E-state index in [4.69, 9.17) is 0 Å². The molecule has 0 radical (unpaired) electrons. The highest BCUT2D eigenvalue weighted by Crippen LogP contribution is 2.51. The largest absolute Gasteiger partial charge is 0.396 e. The Morgan fingerprint density at radius 1 is 1.35 bits per heavy atom. The summed E-state index contributed by atoms with van der Waals surface area (Å²) in [6.07, 6.45) is 7.39. The van der Waals surface area contributed by atoms with Crippen LogP contribution in [0.2, 0.25) is 0 Å². The SMILES string of the molecule is CC1=CC2C(CC1)C(C)(O)CCCC2(C)CO. The fourth-order valence-electron chi connectivity index (χ4n) is 3.84. The van der Waals surface area contributed by atoms with Crippen molar-refractivity contribution in [1.29, 1.82) is 0 Å². The lowest BCUT2D eigenvalue weighted by Gasteiger charge is -2.44. The first-order valence-corrected chi connectivity index (χ1v) is 6.89. The molecule has 0 saturated heterocycles. The molecule has 98 valence electrons. The van der Waals surface area contributed by atoms with E-state index >= 15 is 0 Å². The molecule has 2 nitrogen and oxygen atoms in total. The molecular weight excluding hydrogens is 212 g/mol. The molecule has 0 aliphatic heterocycles. The van der Waals surface area contributed by atoms with Crippen molar-refractivity contribution in [2.24, 2.45) is 17.3 Å². The van der Waals surface area contributed by atoms with E-state index < -0.39 is 5.60 Å². The predicted molar refractivity (Wildman–Crippen MR) is 69.6 cm³/mol. The van der Waals surface area contributed by atoms with Crippen LogP contribution in [-0.4, -0.2) is 22.4 Å². The minimum atomic E-state index is -0.561. The molecule has 2 aliphatic rings. The van der Waals surface area contributed by atoms with Gasteiger partial charge in [-0.1, -0.05) is 18.6 Å². The van der Waals surface area contributed by atoms with Crippen molar-refractivity contribution in [3.63, 3.8) is 0 Å². The van der Waals surface area contributed by atoms with Crippen LogP contribution in [0.15, 0.2) is 11.6 Å². The maximum atomic E-state index is 10.7. The Morgan fingerprint density at radius 2 is 2.06 bits per heavy atom. The summed E-state index contributed by atoms with van der Waals surface area (Å²) in [5.41, 5.74) is 0.811. The molecule has 0 aromatic heterocycles. The summed E-state index contributed by atoms with van der Waals surface area (Å²) in [6, 6.07) is 0. The molecule has 1 fully saturated rings. The molecule has 17 heavy (non-hydrogen) atoms. The lowest BCUT2D eigenvalue weighted by atomic mass is 9.63. The average Bonchev–Trinajstić information content (AvgIpc) is 2.36. The highest BCUT2D eigenvalue weighted by Gasteiger charge is 2.48. The second kappa shape index (κ2) is 4.40. The smallest absolute Gasteiger partial charge is 0.0653 e. The van der Waals surface area contributed by atoms with Crippen LogP contribution < -0.4 is 0 Å². The summed E-state index contributed by atoms with van der Waals surface area (Å²) >= 11 is 0. The summed E-state index contributed by atoms with van der Waals surface area (Å²) in [5.74, 6) is 0.643. The molecule has 2 aliphatic carbocycles. The van der Waals surface area contributed by atoms with Crippen LogP contribution in [0.5, 0.6) is 0 Å². The van der Waals surface area contributed by atoms with E-state index in [2.05, 4.69) is 19.9 Å². The zero-order chi connectivity index (χ0) is 12.7. The standard InChI is InChI=1S/C15H26O2/c1-11-5-6-12-13(9-11)14(2,10-16)7-4-8-15(12,3)17/h9,12-13,16-17H,4-8,10H2,1-3H3. The monoisotopic (exact) mass is 238 g/mol. The third-order valence-electron chi connectivity index (χ3n) is 5.14. The van der Waals surface area contributed by atoms with E-state index in [1.165, 1.54) is 5.57 Å². The topological polar surface area (TPSA) is 40.5 Å². The van der Waals surface area contributed by atoms with E-state index in [0.717, 1.165) is 32.1 Å². The predicted octanol–water partition coefficient (Wildman–Crippen LogP) is 2.89. The van der Waals surface area contributed by atoms with Gasteiger partial charge in [-0.3, -0.25) is 0 Å². The molecule has 0 aromatic rings. The van der Waals surface area contributed by atoms with Crippen molar-refractivity contribution in [2.45, 2.75) is 58.5 Å². The normalized spacial score (nSPS) is 47.0. The van der Waals surface area contributed by atoms with Gasteiger partial charge in [-0.05, 0) is 63.2 Å². The molecular formula is C15H26O2. The van der Waals surface area contributed by atoms with E-state index in [-0.39, 0.29) is 12.0 Å². The first-order chi connectivity index (χ1) is 7.89. The Balaban J connectivity index is 2.39. The molecule has 0 bridgehead atoms. The highest BCUT2D eigenvalue weighted by molar-refractivity contribution is 5.14. The number of hydrogen-bond acceptors (Lipinski definition) is 2. The van der Waals surface area contributed by atoms with Crippen LogP contribution in [0.25, 0.3) is 0 Å². The van der Waals surface area contributed by atoms with Gasteiger partial charge in [-0.15, -0.1) is 0 Å². The highest BCUT2D eigenvalue weighted by atomic mass is 16.3. The Labute approximate surface area is 105 Å². The van der Waals surface area contributed by atoms with E-state index in [0.29, 0.717) is 11.8 Å². The van der Waals surface area contributed by atoms with Crippen molar-refractivity contribution in [1.82, 2.24) is 0 Å². The van der Waals surface area contributed by atoms with Crippen LogP contribution in [0, 0.1) is 17.3 Å². The number of aliphatic hydroxyl groups excluding tert-OH is 1. The number of rotatable bonds is 1. The zero-order valence-electron chi connectivity index (χ0n) is 11.4. The van der Waals surface area contributed by atoms with Crippen LogP contribution in [0.3, 0.4) is 0 Å². The molecule has 2 heteroatoms. The summed E-state index contributed by atoms with van der Waals surface area (Å²) in [5, 5.41) is 20.4. The fourth-order valence-corrected chi connectivity index (χ4v) is 3.84. The van der Waals surface area contributed by atoms with Crippen molar-refractivity contribution in [3.8, 4) is 0 Å². The van der Waals surface area contributed by atoms with Gasteiger partial charge in [0, 0.05) is 6.61 Å². The van der Waals surface area contributed by atoms with Gasteiger partial charge in [0.05, 0.1) is 5.60 Å². The van der Waals surface area contributed by atoms with Gasteiger partial charge in [0.25, 0.3) is 0 Å². The molecule has 4 unspecified atom stereocenters. The van der Waals surface area contributed by atoms with Crippen LogP contribution in [0.4, 0.5) is 0 Å². The second-order valence-corrected chi connectivity index (χ2v) is 6.71. The van der Waals surface area contributed by atoms with Crippen molar-refractivity contribution in [3.05, 3.63) is 11.6 Å². The van der Waals surface area contributed by atoms with E-state index in [9.17, 15) is 10.2 Å². The summed E-state index contributed by atoms with van der Waals surface area (Å²) in [6.45, 7) is 6.57.